The summed E-state index contributed by atoms with van der Waals surface area (Å²) in [5.41, 5.74) is 4.17. The molecule has 1 aromatic heterocycles. The van der Waals surface area contributed by atoms with Crippen molar-refractivity contribution in [3.05, 3.63) is 17.1 Å². The van der Waals surface area contributed by atoms with Gasteiger partial charge in [-0.05, 0) is 19.8 Å². The highest BCUT2D eigenvalue weighted by molar-refractivity contribution is 7.90. The maximum absolute atomic E-state index is 11.5. The Morgan fingerprint density at radius 3 is 2.17 bits per heavy atom. The van der Waals surface area contributed by atoms with Crippen molar-refractivity contribution in [1.82, 2.24) is 9.97 Å². The lowest BCUT2D eigenvalue weighted by Crippen LogP contribution is -2.18. The molecule has 0 fully saturated rings. The van der Waals surface area contributed by atoms with Crippen LogP contribution >= 0.6 is 0 Å². The fourth-order valence-corrected chi connectivity index (χ4v) is 2.27. The molecule has 0 radical (unpaired) electrons. The third kappa shape index (κ3) is 2.97. The Hall–Kier alpha value is -1.21. The number of hydrazine groups is 1. The predicted octanol–water partition coefficient (Wildman–Crippen LogP) is 1.30. The van der Waals surface area contributed by atoms with Gasteiger partial charge in [-0.1, -0.05) is 13.8 Å². The lowest BCUT2D eigenvalue weighted by atomic mass is 10.0. The second-order valence-electron chi connectivity index (χ2n) is 4.70. The first-order valence-corrected chi connectivity index (χ1v) is 7.67. The summed E-state index contributed by atoms with van der Waals surface area (Å²) < 4.78 is 23.1. The Kier molecular flexibility index (Phi) is 4.28. The highest BCUT2D eigenvalue weighted by atomic mass is 32.2. The Balaban J connectivity index is 3.40. The van der Waals surface area contributed by atoms with E-state index < -0.39 is 15.1 Å². The van der Waals surface area contributed by atoms with Crippen molar-refractivity contribution in [1.29, 1.82) is 0 Å². The highest BCUT2D eigenvalue weighted by Crippen LogP contribution is 2.27. The summed E-state index contributed by atoms with van der Waals surface area (Å²) in [7, 11) is -3.22. The molecule has 1 atom stereocenters. The van der Waals surface area contributed by atoms with Crippen molar-refractivity contribution in [2.45, 2.75) is 38.9 Å². The minimum Gasteiger partial charge on any atom is -0.308 e. The minimum atomic E-state index is -3.22. The number of hydrogen-bond donors (Lipinski definition) is 2. The van der Waals surface area contributed by atoms with Crippen LogP contribution in [0.5, 0.6) is 0 Å². The van der Waals surface area contributed by atoms with Crippen molar-refractivity contribution in [2.75, 3.05) is 11.7 Å². The van der Waals surface area contributed by atoms with Crippen molar-refractivity contribution in [2.24, 2.45) is 5.84 Å². The van der Waals surface area contributed by atoms with Gasteiger partial charge in [0.05, 0.1) is 0 Å². The van der Waals surface area contributed by atoms with Crippen LogP contribution in [-0.2, 0) is 9.84 Å². The Bertz CT molecular complexity index is 540. The van der Waals surface area contributed by atoms with Crippen molar-refractivity contribution in [3.63, 3.8) is 0 Å². The molecule has 0 saturated carbocycles. The van der Waals surface area contributed by atoms with Gasteiger partial charge in [0.2, 0.25) is 0 Å². The maximum Gasteiger partial charge on any atom is 0.157 e. The molecule has 0 bridgehead atoms. The standard InChI is InChI=1S/C11H20N4O2S/c1-6(2)9-7(3)13-10(14-11(9)15-12)8(4)18(5,16)17/h6,8H,12H2,1-5H3,(H,13,14,15). The number of aryl methyl sites for hydroxylation is 1. The Labute approximate surface area is 108 Å². The number of nitrogens with zero attached hydrogens (tertiary/aromatic N) is 2. The molecule has 0 spiro atoms. The van der Waals surface area contributed by atoms with Gasteiger partial charge in [0.1, 0.15) is 16.9 Å². The molecule has 1 rings (SSSR count). The molecule has 102 valence electrons. The summed E-state index contributed by atoms with van der Waals surface area (Å²) >= 11 is 0. The molecule has 3 N–H and O–H groups in total. The highest BCUT2D eigenvalue weighted by Gasteiger charge is 2.23. The van der Waals surface area contributed by atoms with E-state index >= 15 is 0 Å². The molecule has 0 amide bonds. The van der Waals surface area contributed by atoms with E-state index in [1.165, 1.54) is 6.26 Å². The van der Waals surface area contributed by atoms with E-state index in [1.807, 2.05) is 20.8 Å². The summed E-state index contributed by atoms with van der Waals surface area (Å²) in [4.78, 5) is 8.50. The van der Waals surface area contributed by atoms with Crippen LogP contribution in [-0.4, -0.2) is 24.6 Å². The van der Waals surface area contributed by atoms with E-state index in [-0.39, 0.29) is 11.7 Å². The second kappa shape index (κ2) is 5.19. The Morgan fingerprint density at radius 2 is 1.78 bits per heavy atom. The second-order valence-corrected chi connectivity index (χ2v) is 7.07. The summed E-state index contributed by atoms with van der Waals surface area (Å²) in [6, 6.07) is 0. The van der Waals surface area contributed by atoms with E-state index in [9.17, 15) is 8.42 Å². The predicted molar refractivity (Wildman–Crippen MR) is 71.9 cm³/mol. The average Bonchev–Trinajstić information content (AvgIpc) is 2.24. The molecule has 1 unspecified atom stereocenters. The third-order valence-electron chi connectivity index (χ3n) is 2.87. The average molecular weight is 272 g/mol. The van der Waals surface area contributed by atoms with Crippen molar-refractivity contribution >= 4 is 15.7 Å². The van der Waals surface area contributed by atoms with Crippen LogP contribution in [0.4, 0.5) is 5.82 Å². The fraction of sp³-hybridized carbons (Fsp3) is 0.636. The van der Waals surface area contributed by atoms with Crippen LogP contribution in [0.3, 0.4) is 0 Å². The smallest absolute Gasteiger partial charge is 0.157 e. The van der Waals surface area contributed by atoms with Crippen LogP contribution in [0.1, 0.15) is 49.0 Å². The van der Waals surface area contributed by atoms with Gasteiger partial charge >= 0.3 is 0 Å². The van der Waals surface area contributed by atoms with E-state index in [4.69, 9.17) is 5.84 Å². The summed E-state index contributed by atoms with van der Waals surface area (Å²) in [5.74, 6) is 6.41. The topological polar surface area (TPSA) is 98.0 Å². The molecular weight excluding hydrogens is 252 g/mol. The molecule has 0 aliphatic carbocycles. The van der Waals surface area contributed by atoms with Gasteiger partial charge in [0.15, 0.2) is 9.84 Å². The van der Waals surface area contributed by atoms with Crippen molar-refractivity contribution < 1.29 is 8.42 Å². The van der Waals surface area contributed by atoms with Gasteiger partial charge in [-0.3, -0.25) is 0 Å². The monoisotopic (exact) mass is 272 g/mol. The molecule has 6 nitrogen and oxygen atoms in total. The lowest BCUT2D eigenvalue weighted by Gasteiger charge is -2.17. The van der Waals surface area contributed by atoms with Gasteiger partial charge in [-0.15, -0.1) is 0 Å². The normalized spacial score (nSPS) is 13.7. The van der Waals surface area contributed by atoms with Gasteiger partial charge in [-0.2, -0.15) is 0 Å². The van der Waals surface area contributed by atoms with E-state index in [0.29, 0.717) is 5.82 Å². The molecule has 7 heteroatoms. The summed E-state index contributed by atoms with van der Waals surface area (Å²) in [6.45, 7) is 7.41. The molecule has 0 aliphatic rings. The number of hydrogen-bond acceptors (Lipinski definition) is 6. The van der Waals surface area contributed by atoms with E-state index in [2.05, 4.69) is 15.4 Å². The number of nitrogens with one attached hydrogen (secondary N) is 1. The molecule has 18 heavy (non-hydrogen) atoms. The van der Waals surface area contributed by atoms with E-state index in [0.717, 1.165) is 11.3 Å². The van der Waals surface area contributed by atoms with Gasteiger partial charge < -0.3 is 5.43 Å². The van der Waals surface area contributed by atoms with E-state index in [1.54, 1.807) is 6.92 Å². The third-order valence-corrected chi connectivity index (χ3v) is 4.37. The number of sulfone groups is 1. The summed E-state index contributed by atoms with van der Waals surface area (Å²) in [5, 5.41) is -0.746. The number of nitrogens with two attached hydrogens (primary N) is 1. The first kappa shape index (κ1) is 14.8. The Morgan fingerprint density at radius 1 is 1.22 bits per heavy atom. The molecule has 0 aromatic carbocycles. The quantitative estimate of drug-likeness (QED) is 0.633. The maximum atomic E-state index is 11.5. The van der Waals surface area contributed by atoms with Crippen LogP contribution in [0.15, 0.2) is 0 Å². The fourth-order valence-electron chi connectivity index (χ4n) is 1.78. The lowest BCUT2D eigenvalue weighted by molar-refractivity contribution is 0.588. The number of nitrogen functional groups attached to an aromatic ring is 1. The zero-order valence-corrected chi connectivity index (χ0v) is 12.2. The zero-order chi connectivity index (χ0) is 14.1. The SMILES string of the molecule is Cc1nc(C(C)S(C)(=O)=O)nc(NN)c1C(C)C. The van der Waals surface area contributed by atoms with Crippen LogP contribution in [0.25, 0.3) is 0 Å². The molecule has 0 saturated heterocycles. The van der Waals surface area contributed by atoms with Gasteiger partial charge in [0.25, 0.3) is 0 Å². The molecular formula is C11H20N4O2S. The summed E-state index contributed by atoms with van der Waals surface area (Å²) in [6.07, 6.45) is 1.17. The molecule has 1 heterocycles. The van der Waals surface area contributed by atoms with Crippen LogP contribution in [0.2, 0.25) is 0 Å². The minimum absolute atomic E-state index is 0.207. The molecule has 0 aliphatic heterocycles. The number of anilines is 1. The molecule has 1 aromatic rings. The van der Waals surface area contributed by atoms with Gasteiger partial charge in [0, 0.05) is 17.5 Å². The first-order chi connectivity index (χ1) is 8.18. The number of aromatic nitrogens is 2. The van der Waals surface area contributed by atoms with Gasteiger partial charge in [-0.25, -0.2) is 24.2 Å². The largest absolute Gasteiger partial charge is 0.308 e. The first-order valence-electron chi connectivity index (χ1n) is 5.72. The van der Waals surface area contributed by atoms with Crippen molar-refractivity contribution in [3.8, 4) is 0 Å². The number of rotatable bonds is 4. The van der Waals surface area contributed by atoms with Crippen LogP contribution in [0, 0.1) is 6.92 Å². The zero-order valence-electron chi connectivity index (χ0n) is 11.4. The van der Waals surface area contributed by atoms with Crippen LogP contribution < -0.4 is 11.3 Å².